The van der Waals surface area contributed by atoms with E-state index in [1.165, 1.54) is 24.3 Å². The van der Waals surface area contributed by atoms with E-state index in [2.05, 4.69) is 15.0 Å². The Labute approximate surface area is 168 Å². The molecule has 2 heterocycles. The first-order chi connectivity index (χ1) is 13.7. The maximum Gasteiger partial charge on any atom is 0.573 e. The van der Waals surface area contributed by atoms with Crippen LogP contribution in [0.5, 0.6) is 5.75 Å². The molecule has 0 bridgehead atoms. The number of thiophene rings is 1. The molecule has 0 aliphatic rings. The number of nitrogens with one attached hydrogen (secondary N) is 1. The molecule has 0 radical (unpaired) electrons. The number of rotatable bonds is 5. The third-order valence-electron chi connectivity index (χ3n) is 3.35. The number of anilines is 1. The van der Waals surface area contributed by atoms with Crippen molar-refractivity contribution in [3.05, 3.63) is 51.0 Å². The van der Waals surface area contributed by atoms with Gasteiger partial charge in [-0.3, -0.25) is 10.1 Å². The molecule has 0 spiro atoms. The molecule has 1 aromatic carbocycles. The van der Waals surface area contributed by atoms with Gasteiger partial charge in [0.2, 0.25) is 0 Å². The Balaban J connectivity index is 1.81. The predicted octanol–water partition coefficient (Wildman–Crippen LogP) is 4.59. The monoisotopic (exact) mass is 439 g/mol. The molecule has 0 atom stereocenters. The minimum Gasteiger partial charge on any atom is -0.477 e. The second-order valence-corrected chi connectivity index (χ2v) is 7.39. The fourth-order valence-electron chi connectivity index (χ4n) is 2.19. The summed E-state index contributed by atoms with van der Waals surface area (Å²) in [7, 11) is 0. The van der Waals surface area contributed by atoms with Crippen molar-refractivity contribution in [3.8, 4) is 23.1 Å². The highest BCUT2D eigenvalue weighted by molar-refractivity contribution is 7.17. The van der Waals surface area contributed by atoms with Gasteiger partial charge in [-0.1, -0.05) is 11.3 Å². The molecule has 29 heavy (non-hydrogen) atoms. The molecule has 0 aliphatic heterocycles. The number of carbonyl (C=O) groups excluding carboxylic acids is 1. The molecular weight excluding hydrogens is 431 g/mol. The van der Waals surface area contributed by atoms with E-state index in [-0.39, 0.29) is 25.5 Å². The van der Waals surface area contributed by atoms with Gasteiger partial charge in [-0.25, -0.2) is 9.78 Å². The number of aromatic carboxylic acids is 1. The zero-order valence-electron chi connectivity index (χ0n) is 14.0. The van der Waals surface area contributed by atoms with Crippen molar-refractivity contribution in [2.24, 2.45) is 0 Å². The van der Waals surface area contributed by atoms with Crippen molar-refractivity contribution in [3.63, 3.8) is 0 Å². The molecule has 12 heteroatoms. The molecule has 148 valence electrons. The van der Waals surface area contributed by atoms with E-state index in [0.717, 1.165) is 34.8 Å². The Hall–Kier alpha value is -3.43. The van der Waals surface area contributed by atoms with E-state index >= 15 is 0 Å². The van der Waals surface area contributed by atoms with E-state index in [4.69, 9.17) is 5.11 Å². The highest BCUT2D eigenvalue weighted by Gasteiger charge is 2.31. The zero-order chi connectivity index (χ0) is 21.2. The van der Waals surface area contributed by atoms with Crippen molar-refractivity contribution >= 4 is 39.7 Å². The largest absolute Gasteiger partial charge is 0.573 e. The molecule has 0 aliphatic carbocycles. The predicted molar refractivity (Wildman–Crippen MR) is 98.2 cm³/mol. The van der Waals surface area contributed by atoms with Crippen LogP contribution in [-0.2, 0) is 0 Å². The van der Waals surface area contributed by atoms with Gasteiger partial charge in [0.1, 0.15) is 27.3 Å². The molecule has 2 N–H and O–H groups in total. The maximum atomic E-state index is 12.2. The standard InChI is InChI=1S/C17H8F3N3O4S2/c18-17(19,20)27-9-3-1-8(2-4-9)13-12(7-21)29-16(22-13)23-14(24)10-5-6-11(28-10)15(25)26/h1-6H,(H,25,26)(H,22,23,24). The highest BCUT2D eigenvalue weighted by Crippen LogP contribution is 2.33. The van der Waals surface area contributed by atoms with Gasteiger partial charge in [0.05, 0.1) is 4.88 Å². The molecule has 2 aromatic heterocycles. The average molecular weight is 439 g/mol. The Bertz CT molecular complexity index is 1110. The minimum absolute atomic E-state index is 0.00569. The van der Waals surface area contributed by atoms with Crippen molar-refractivity contribution in [2.75, 3.05) is 5.32 Å². The fraction of sp³-hybridized carbons (Fsp3) is 0.0588. The first kappa shape index (κ1) is 20.3. The van der Waals surface area contributed by atoms with Crippen LogP contribution in [0.25, 0.3) is 11.3 Å². The summed E-state index contributed by atoms with van der Waals surface area (Å²) in [5.41, 5.74) is 0.542. The van der Waals surface area contributed by atoms with E-state index in [1.807, 2.05) is 6.07 Å². The molecule has 0 unspecified atom stereocenters. The lowest BCUT2D eigenvalue weighted by molar-refractivity contribution is -0.274. The second kappa shape index (κ2) is 7.90. The van der Waals surface area contributed by atoms with Crippen LogP contribution < -0.4 is 10.1 Å². The topological polar surface area (TPSA) is 112 Å². The van der Waals surface area contributed by atoms with Crippen molar-refractivity contribution < 1.29 is 32.6 Å². The molecule has 0 saturated carbocycles. The summed E-state index contributed by atoms with van der Waals surface area (Å²) in [4.78, 5) is 27.6. The third kappa shape index (κ3) is 4.89. The van der Waals surface area contributed by atoms with E-state index < -0.39 is 24.0 Å². The van der Waals surface area contributed by atoms with Gasteiger partial charge in [-0.15, -0.1) is 24.5 Å². The summed E-state index contributed by atoms with van der Waals surface area (Å²) >= 11 is 1.66. The number of thiazole rings is 1. The first-order valence-corrected chi connectivity index (χ1v) is 9.21. The number of halogens is 3. The van der Waals surface area contributed by atoms with Gasteiger partial charge in [-0.05, 0) is 36.4 Å². The molecule has 1 amide bonds. The number of aromatic nitrogens is 1. The number of hydrogen-bond donors (Lipinski definition) is 2. The van der Waals surface area contributed by atoms with Crippen LogP contribution in [-0.4, -0.2) is 28.3 Å². The zero-order valence-corrected chi connectivity index (χ0v) is 15.6. The second-order valence-electron chi connectivity index (χ2n) is 5.30. The molecule has 3 aromatic rings. The number of nitrogens with zero attached hydrogens (tertiary/aromatic N) is 2. The summed E-state index contributed by atoms with van der Waals surface area (Å²) in [5.74, 6) is -2.17. The number of carboxylic acid groups (broad SMARTS) is 1. The van der Waals surface area contributed by atoms with Crippen LogP contribution in [0, 0.1) is 11.3 Å². The fourth-order valence-corrected chi connectivity index (χ4v) is 3.71. The molecule has 3 rings (SSSR count). The number of carbonyl (C=O) groups is 2. The molecule has 0 saturated heterocycles. The Morgan fingerprint density at radius 3 is 2.31 bits per heavy atom. The summed E-state index contributed by atoms with van der Waals surface area (Å²) < 4.78 is 40.5. The molecule has 0 fully saturated rings. The first-order valence-electron chi connectivity index (χ1n) is 7.58. The minimum atomic E-state index is -4.82. The molecular formula is C17H8F3N3O4S2. The lowest BCUT2D eigenvalue weighted by atomic mass is 10.1. The van der Waals surface area contributed by atoms with Gasteiger partial charge >= 0.3 is 12.3 Å². The van der Waals surface area contributed by atoms with Gasteiger partial charge in [0.15, 0.2) is 5.13 Å². The summed E-state index contributed by atoms with van der Waals surface area (Å²) in [6.07, 6.45) is -4.82. The quantitative estimate of drug-likeness (QED) is 0.601. The van der Waals surface area contributed by atoms with Gasteiger partial charge in [0, 0.05) is 5.56 Å². The average Bonchev–Trinajstić information content (AvgIpc) is 3.28. The summed E-state index contributed by atoms with van der Waals surface area (Å²) in [6, 6.07) is 9.34. The van der Waals surface area contributed by atoms with Crippen LogP contribution in [0.4, 0.5) is 18.3 Å². The van der Waals surface area contributed by atoms with Crippen LogP contribution in [0.15, 0.2) is 36.4 Å². The normalized spacial score (nSPS) is 11.0. The molecule has 7 nitrogen and oxygen atoms in total. The highest BCUT2D eigenvalue weighted by atomic mass is 32.1. The third-order valence-corrected chi connectivity index (χ3v) is 5.30. The SMILES string of the molecule is N#Cc1sc(NC(=O)c2ccc(C(=O)O)s2)nc1-c1ccc(OC(F)(F)F)cc1. The number of hydrogen-bond acceptors (Lipinski definition) is 7. The lowest BCUT2D eigenvalue weighted by Crippen LogP contribution is -2.16. The Morgan fingerprint density at radius 2 is 1.76 bits per heavy atom. The van der Waals surface area contributed by atoms with E-state index in [0.29, 0.717) is 5.56 Å². The lowest BCUT2D eigenvalue weighted by Gasteiger charge is -2.08. The van der Waals surface area contributed by atoms with E-state index in [9.17, 15) is 28.0 Å². The van der Waals surface area contributed by atoms with Crippen molar-refractivity contribution in [2.45, 2.75) is 6.36 Å². The number of nitriles is 1. The number of amides is 1. The van der Waals surface area contributed by atoms with E-state index in [1.54, 1.807) is 0 Å². The van der Waals surface area contributed by atoms with Crippen LogP contribution in [0.3, 0.4) is 0 Å². The smallest absolute Gasteiger partial charge is 0.477 e. The van der Waals surface area contributed by atoms with Gasteiger partial charge in [0.25, 0.3) is 5.91 Å². The number of carboxylic acids is 1. The summed E-state index contributed by atoms with van der Waals surface area (Å²) in [5, 5.41) is 20.8. The summed E-state index contributed by atoms with van der Waals surface area (Å²) in [6.45, 7) is 0. The number of ether oxygens (including phenoxy) is 1. The van der Waals surface area contributed by atoms with Gasteiger partial charge in [-0.2, -0.15) is 5.26 Å². The number of benzene rings is 1. The Morgan fingerprint density at radius 1 is 1.10 bits per heavy atom. The maximum absolute atomic E-state index is 12.2. The van der Waals surface area contributed by atoms with Crippen molar-refractivity contribution in [1.29, 1.82) is 5.26 Å². The number of alkyl halides is 3. The Kier molecular flexibility index (Phi) is 5.53. The van der Waals surface area contributed by atoms with Crippen LogP contribution >= 0.6 is 22.7 Å². The van der Waals surface area contributed by atoms with Crippen molar-refractivity contribution in [1.82, 2.24) is 4.98 Å². The van der Waals surface area contributed by atoms with Crippen LogP contribution in [0.2, 0.25) is 0 Å². The van der Waals surface area contributed by atoms with Crippen LogP contribution in [0.1, 0.15) is 24.2 Å². The van der Waals surface area contributed by atoms with Gasteiger partial charge < -0.3 is 9.84 Å².